The van der Waals surface area contributed by atoms with Crippen molar-refractivity contribution in [3.63, 3.8) is 0 Å². The molecule has 0 bridgehead atoms. The fourth-order valence-corrected chi connectivity index (χ4v) is 2.74. The van der Waals surface area contributed by atoms with E-state index in [4.69, 9.17) is 0 Å². The van der Waals surface area contributed by atoms with Gasteiger partial charge in [0.2, 0.25) is 0 Å². The molecule has 4 heteroatoms. The first-order chi connectivity index (χ1) is 12.8. The Hall–Kier alpha value is -3.66. The zero-order chi connectivity index (χ0) is 17.8. The number of imidazole rings is 1. The van der Waals surface area contributed by atoms with Gasteiger partial charge in [0, 0.05) is 16.8 Å². The third kappa shape index (κ3) is 4.12. The summed E-state index contributed by atoms with van der Waals surface area (Å²) in [4.78, 5) is 20.0. The van der Waals surface area contributed by atoms with E-state index < -0.39 is 0 Å². The number of aromatic amines is 1. The molecule has 0 unspecified atom stereocenters. The van der Waals surface area contributed by atoms with Crippen molar-refractivity contribution in [2.45, 2.75) is 7.43 Å². The molecule has 0 saturated heterocycles. The lowest BCUT2D eigenvalue weighted by molar-refractivity contribution is 0.102. The molecule has 3 aromatic carbocycles. The van der Waals surface area contributed by atoms with E-state index in [-0.39, 0.29) is 13.3 Å². The minimum absolute atomic E-state index is 0. The van der Waals surface area contributed by atoms with Gasteiger partial charge in [-0.1, -0.05) is 68.1 Å². The average Bonchev–Trinajstić information content (AvgIpc) is 3.20. The SMILES string of the molecule is C.O=C(Nc1ccc(-c2cnc(-c3ccccc3)[nH]2)cc1)c1ccccc1. The summed E-state index contributed by atoms with van der Waals surface area (Å²) in [5.41, 5.74) is 4.38. The Kier molecular flexibility index (Phi) is 5.47. The monoisotopic (exact) mass is 355 g/mol. The standard InChI is InChI=1S/C22H17N3O.CH4/c26-22(18-9-5-2-6-10-18)24-19-13-11-16(12-14-19)20-15-23-21(25-20)17-7-3-1-4-8-17;/h1-15H,(H,23,25)(H,24,26);1H4. The number of benzene rings is 3. The van der Waals surface area contributed by atoms with Crippen LogP contribution in [-0.4, -0.2) is 15.9 Å². The Morgan fingerprint density at radius 1 is 0.778 bits per heavy atom. The number of hydrogen-bond acceptors (Lipinski definition) is 2. The molecule has 1 amide bonds. The molecule has 0 saturated carbocycles. The van der Waals surface area contributed by atoms with Crippen molar-refractivity contribution < 1.29 is 4.79 Å². The zero-order valence-corrected chi connectivity index (χ0v) is 14.0. The summed E-state index contributed by atoms with van der Waals surface area (Å²) in [6.07, 6.45) is 1.82. The average molecular weight is 355 g/mol. The number of nitrogens with zero attached hydrogens (tertiary/aromatic N) is 1. The third-order valence-electron chi connectivity index (χ3n) is 4.11. The van der Waals surface area contributed by atoms with E-state index in [1.54, 1.807) is 12.1 Å². The van der Waals surface area contributed by atoms with Crippen molar-refractivity contribution in [3.8, 4) is 22.6 Å². The second-order valence-corrected chi connectivity index (χ2v) is 5.91. The Morgan fingerprint density at radius 2 is 1.41 bits per heavy atom. The number of amides is 1. The van der Waals surface area contributed by atoms with E-state index >= 15 is 0 Å². The van der Waals surface area contributed by atoms with Gasteiger partial charge in [-0.15, -0.1) is 0 Å². The smallest absolute Gasteiger partial charge is 0.255 e. The maximum Gasteiger partial charge on any atom is 0.255 e. The summed E-state index contributed by atoms with van der Waals surface area (Å²) in [6.45, 7) is 0. The molecule has 134 valence electrons. The van der Waals surface area contributed by atoms with Crippen molar-refractivity contribution in [2.24, 2.45) is 0 Å². The van der Waals surface area contributed by atoms with Crippen molar-refractivity contribution in [3.05, 3.63) is 96.7 Å². The highest BCUT2D eigenvalue weighted by molar-refractivity contribution is 6.04. The largest absolute Gasteiger partial charge is 0.338 e. The highest BCUT2D eigenvalue weighted by Gasteiger charge is 2.07. The van der Waals surface area contributed by atoms with E-state index in [1.165, 1.54) is 0 Å². The molecule has 1 heterocycles. The maximum absolute atomic E-state index is 12.2. The Morgan fingerprint density at radius 3 is 2.07 bits per heavy atom. The second kappa shape index (κ2) is 8.15. The molecule has 4 nitrogen and oxygen atoms in total. The number of aromatic nitrogens is 2. The van der Waals surface area contributed by atoms with Gasteiger partial charge in [0.1, 0.15) is 5.82 Å². The fourth-order valence-electron chi connectivity index (χ4n) is 2.74. The van der Waals surface area contributed by atoms with E-state index in [0.29, 0.717) is 5.56 Å². The lowest BCUT2D eigenvalue weighted by Crippen LogP contribution is -2.11. The summed E-state index contributed by atoms with van der Waals surface area (Å²) in [5, 5.41) is 2.90. The number of anilines is 1. The number of H-pyrrole nitrogens is 1. The topological polar surface area (TPSA) is 57.8 Å². The van der Waals surface area contributed by atoms with Gasteiger partial charge in [-0.2, -0.15) is 0 Å². The quantitative estimate of drug-likeness (QED) is 0.498. The van der Waals surface area contributed by atoms with Gasteiger partial charge in [0.25, 0.3) is 5.91 Å². The Labute approximate surface area is 158 Å². The van der Waals surface area contributed by atoms with Gasteiger partial charge in [-0.3, -0.25) is 4.79 Å². The maximum atomic E-state index is 12.2. The van der Waals surface area contributed by atoms with E-state index in [1.807, 2.05) is 79.0 Å². The number of carbonyl (C=O) groups excluding carboxylic acids is 1. The number of nitrogens with one attached hydrogen (secondary N) is 2. The highest BCUT2D eigenvalue weighted by Crippen LogP contribution is 2.23. The van der Waals surface area contributed by atoms with Crippen LogP contribution in [0.5, 0.6) is 0 Å². The minimum atomic E-state index is -0.119. The minimum Gasteiger partial charge on any atom is -0.338 e. The lowest BCUT2D eigenvalue weighted by atomic mass is 10.1. The van der Waals surface area contributed by atoms with Gasteiger partial charge >= 0.3 is 0 Å². The second-order valence-electron chi connectivity index (χ2n) is 5.91. The predicted molar refractivity (Wildman–Crippen MR) is 111 cm³/mol. The molecule has 0 aliphatic carbocycles. The van der Waals surface area contributed by atoms with Crippen LogP contribution >= 0.6 is 0 Å². The Balaban J connectivity index is 0.00000210. The van der Waals surface area contributed by atoms with Gasteiger partial charge in [0.05, 0.1) is 11.9 Å². The van der Waals surface area contributed by atoms with E-state index in [9.17, 15) is 4.79 Å². The summed E-state index contributed by atoms with van der Waals surface area (Å²) < 4.78 is 0. The highest BCUT2D eigenvalue weighted by atomic mass is 16.1. The third-order valence-corrected chi connectivity index (χ3v) is 4.11. The first-order valence-electron chi connectivity index (χ1n) is 8.37. The fraction of sp³-hybridized carbons (Fsp3) is 0.0435. The summed E-state index contributed by atoms with van der Waals surface area (Å²) in [6, 6.07) is 26.9. The molecule has 0 radical (unpaired) electrons. The first kappa shape index (κ1) is 18.1. The van der Waals surface area contributed by atoms with Gasteiger partial charge < -0.3 is 10.3 Å². The Bertz CT molecular complexity index is 1010. The number of carbonyl (C=O) groups is 1. The molecule has 4 rings (SSSR count). The molecule has 0 aliphatic rings. The normalized spacial score (nSPS) is 10.1. The molecule has 0 spiro atoms. The lowest BCUT2D eigenvalue weighted by Gasteiger charge is -2.06. The summed E-state index contributed by atoms with van der Waals surface area (Å²) in [5.74, 6) is 0.716. The molecule has 4 aromatic rings. The summed E-state index contributed by atoms with van der Waals surface area (Å²) in [7, 11) is 0. The van der Waals surface area contributed by atoms with Crippen molar-refractivity contribution in [2.75, 3.05) is 5.32 Å². The zero-order valence-electron chi connectivity index (χ0n) is 14.0. The van der Waals surface area contributed by atoms with Crippen LogP contribution in [0.1, 0.15) is 17.8 Å². The van der Waals surface area contributed by atoms with Crippen molar-refractivity contribution in [1.29, 1.82) is 0 Å². The van der Waals surface area contributed by atoms with Crippen LogP contribution in [0, 0.1) is 0 Å². The van der Waals surface area contributed by atoms with Gasteiger partial charge in [0.15, 0.2) is 0 Å². The van der Waals surface area contributed by atoms with Crippen LogP contribution in [0.25, 0.3) is 22.6 Å². The van der Waals surface area contributed by atoms with Crippen LogP contribution < -0.4 is 5.32 Å². The molecular weight excluding hydrogens is 334 g/mol. The van der Waals surface area contributed by atoms with Gasteiger partial charge in [-0.25, -0.2) is 4.98 Å². The molecule has 1 aromatic heterocycles. The molecule has 0 aliphatic heterocycles. The predicted octanol–water partition coefficient (Wildman–Crippen LogP) is 5.63. The van der Waals surface area contributed by atoms with E-state index in [0.717, 1.165) is 28.3 Å². The van der Waals surface area contributed by atoms with E-state index in [2.05, 4.69) is 15.3 Å². The van der Waals surface area contributed by atoms with Crippen LogP contribution in [0.4, 0.5) is 5.69 Å². The van der Waals surface area contributed by atoms with Gasteiger partial charge in [-0.05, 0) is 29.8 Å². The number of hydrogen-bond donors (Lipinski definition) is 2. The van der Waals surface area contributed by atoms with Crippen LogP contribution in [0.2, 0.25) is 0 Å². The number of rotatable bonds is 4. The molecule has 0 fully saturated rings. The molecule has 0 atom stereocenters. The van der Waals surface area contributed by atoms with Crippen LogP contribution in [0.15, 0.2) is 91.1 Å². The first-order valence-corrected chi connectivity index (χ1v) is 8.37. The van der Waals surface area contributed by atoms with Crippen LogP contribution in [0.3, 0.4) is 0 Å². The molecular formula is C23H21N3O. The summed E-state index contributed by atoms with van der Waals surface area (Å²) >= 11 is 0. The van der Waals surface area contributed by atoms with Crippen molar-refractivity contribution in [1.82, 2.24) is 9.97 Å². The van der Waals surface area contributed by atoms with Crippen molar-refractivity contribution >= 4 is 11.6 Å². The van der Waals surface area contributed by atoms with Crippen LogP contribution in [-0.2, 0) is 0 Å². The molecule has 27 heavy (non-hydrogen) atoms. The molecule has 2 N–H and O–H groups in total.